The number of Topliss-reactive ketones (excluding diaryl/α,β-unsaturated/α-hetero) is 1. The van der Waals surface area contributed by atoms with Crippen molar-refractivity contribution in [1.29, 1.82) is 0 Å². The summed E-state index contributed by atoms with van der Waals surface area (Å²) in [5.74, 6) is -2.63. The first kappa shape index (κ1) is 24.1. The Bertz CT molecular complexity index is 862. The molecule has 7 nitrogen and oxygen atoms in total. The summed E-state index contributed by atoms with van der Waals surface area (Å²) in [5.41, 5.74) is 3.04. The lowest BCUT2D eigenvalue weighted by atomic mass is 9.81. The summed E-state index contributed by atoms with van der Waals surface area (Å²) in [6.45, 7) is 7.57. The van der Waals surface area contributed by atoms with Gasteiger partial charge in [0.25, 0.3) is 0 Å². The highest BCUT2D eigenvalue weighted by Gasteiger charge is 2.35. The van der Waals surface area contributed by atoms with Crippen LogP contribution < -0.4 is 10.8 Å². The fraction of sp³-hybridized carbons (Fsp3) is 0.375. The van der Waals surface area contributed by atoms with Gasteiger partial charge in [0.05, 0.1) is 17.9 Å². The Morgan fingerprint density at radius 3 is 2.35 bits per heavy atom. The van der Waals surface area contributed by atoms with Crippen LogP contribution in [0, 0.1) is 17.8 Å². The van der Waals surface area contributed by atoms with Gasteiger partial charge in [-0.1, -0.05) is 50.3 Å². The van der Waals surface area contributed by atoms with Gasteiger partial charge < -0.3 is 10.3 Å². The van der Waals surface area contributed by atoms with Gasteiger partial charge in [0.1, 0.15) is 0 Å². The Kier molecular flexibility index (Phi) is 9.21. The third-order valence-corrected chi connectivity index (χ3v) is 5.21. The molecule has 0 fully saturated rings. The maximum Gasteiger partial charge on any atom is 0.247 e. The van der Waals surface area contributed by atoms with E-state index >= 15 is 0 Å². The van der Waals surface area contributed by atoms with Gasteiger partial charge in [0.15, 0.2) is 5.78 Å². The van der Waals surface area contributed by atoms with Crippen LogP contribution in [0.2, 0.25) is 0 Å². The maximum absolute atomic E-state index is 13.3. The zero-order valence-electron chi connectivity index (χ0n) is 18.0. The zero-order chi connectivity index (χ0) is 22.8. The molecule has 0 spiro atoms. The van der Waals surface area contributed by atoms with E-state index in [-0.39, 0.29) is 18.1 Å². The molecule has 1 aromatic carbocycles. The number of benzene rings is 1. The van der Waals surface area contributed by atoms with Gasteiger partial charge in [0.2, 0.25) is 11.8 Å². The van der Waals surface area contributed by atoms with Gasteiger partial charge in [-0.2, -0.15) is 0 Å². The van der Waals surface area contributed by atoms with Crippen LogP contribution in [0.4, 0.5) is 0 Å². The molecule has 4 N–H and O–H groups in total. The van der Waals surface area contributed by atoms with Crippen molar-refractivity contribution in [2.45, 2.75) is 39.2 Å². The van der Waals surface area contributed by atoms with Crippen LogP contribution in [-0.2, 0) is 16.0 Å². The fourth-order valence-electron chi connectivity index (χ4n) is 3.69. The Hall–Kier alpha value is -3.19. The van der Waals surface area contributed by atoms with E-state index in [0.717, 1.165) is 5.56 Å². The van der Waals surface area contributed by atoms with Crippen molar-refractivity contribution in [3.05, 3.63) is 72.6 Å². The van der Waals surface area contributed by atoms with Crippen molar-refractivity contribution >= 4 is 17.6 Å². The number of hydroxylamine groups is 1. The first-order valence-electron chi connectivity index (χ1n) is 10.4. The van der Waals surface area contributed by atoms with E-state index in [1.165, 1.54) is 0 Å². The van der Waals surface area contributed by atoms with Gasteiger partial charge in [-0.25, -0.2) is 5.48 Å². The molecule has 0 saturated heterocycles. The van der Waals surface area contributed by atoms with Crippen LogP contribution in [0.15, 0.2) is 61.4 Å². The quantitative estimate of drug-likeness (QED) is 0.181. The van der Waals surface area contributed by atoms with Crippen molar-refractivity contribution in [3.63, 3.8) is 0 Å². The highest BCUT2D eigenvalue weighted by Crippen LogP contribution is 2.25. The Labute approximate surface area is 182 Å². The van der Waals surface area contributed by atoms with Crippen molar-refractivity contribution in [3.8, 4) is 0 Å². The number of amides is 2. The van der Waals surface area contributed by atoms with Crippen LogP contribution in [0.1, 0.15) is 42.6 Å². The predicted molar refractivity (Wildman–Crippen MR) is 118 cm³/mol. The molecule has 7 heteroatoms. The van der Waals surface area contributed by atoms with Gasteiger partial charge in [-0.3, -0.25) is 19.6 Å². The predicted octanol–water partition coefficient (Wildman–Crippen LogP) is 3.28. The molecule has 1 unspecified atom stereocenters. The minimum absolute atomic E-state index is 0.127. The summed E-state index contributed by atoms with van der Waals surface area (Å²) in [6, 6.07) is 10.3. The smallest absolute Gasteiger partial charge is 0.247 e. The average molecular weight is 426 g/mol. The molecule has 0 aliphatic heterocycles. The number of aromatic nitrogens is 1. The van der Waals surface area contributed by atoms with E-state index in [4.69, 9.17) is 5.21 Å². The van der Waals surface area contributed by atoms with E-state index in [0.29, 0.717) is 18.4 Å². The third kappa shape index (κ3) is 6.93. The number of hydrogen-bond acceptors (Lipinski definition) is 4. The molecule has 0 aliphatic carbocycles. The number of rotatable bonds is 12. The van der Waals surface area contributed by atoms with Crippen molar-refractivity contribution in [2.24, 2.45) is 17.8 Å². The van der Waals surface area contributed by atoms with E-state index < -0.39 is 29.7 Å². The second kappa shape index (κ2) is 11.9. The van der Waals surface area contributed by atoms with E-state index in [2.05, 4.69) is 16.9 Å². The summed E-state index contributed by atoms with van der Waals surface area (Å²) in [6.07, 6.45) is 5.77. The molecule has 1 heterocycles. The van der Waals surface area contributed by atoms with Crippen LogP contribution in [0.3, 0.4) is 0 Å². The highest BCUT2D eigenvalue weighted by molar-refractivity contribution is 6.02. The van der Waals surface area contributed by atoms with Gasteiger partial charge >= 0.3 is 0 Å². The minimum Gasteiger partial charge on any atom is -0.367 e. The zero-order valence-corrected chi connectivity index (χ0v) is 18.0. The summed E-state index contributed by atoms with van der Waals surface area (Å²) in [4.78, 5) is 41.6. The first-order chi connectivity index (χ1) is 14.9. The molecule has 3 atom stereocenters. The number of carbonyl (C=O) groups excluding carboxylic acids is 3. The largest absolute Gasteiger partial charge is 0.367 e. The summed E-state index contributed by atoms with van der Waals surface area (Å²) in [7, 11) is 0. The topological polar surface area (TPSA) is 111 Å². The van der Waals surface area contributed by atoms with E-state index in [1.54, 1.807) is 30.0 Å². The number of ketones is 1. The minimum atomic E-state index is -0.790. The molecule has 0 radical (unpaired) electrons. The number of hydrogen-bond donors (Lipinski definition) is 4. The van der Waals surface area contributed by atoms with Crippen molar-refractivity contribution in [2.75, 3.05) is 0 Å². The van der Waals surface area contributed by atoms with Crippen LogP contribution in [0.5, 0.6) is 0 Å². The van der Waals surface area contributed by atoms with Crippen molar-refractivity contribution < 1.29 is 19.6 Å². The molecule has 1 aromatic heterocycles. The molecule has 166 valence electrons. The Morgan fingerprint density at radius 1 is 1.10 bits per heavy atom. The van der Waals surface area contributed by atoms with Gasteiger partial charge in [-0.05, 0) is 30.4 Å². The first-order valence-corrected chi connectivity index (χ1v) is 10.4. The number of carbonyl (C=O) groups is 3. The number of aromatic amines is 1. The van der Waals surface area contributed by atoms with E-state index in [9.17, 15) is 14.4 Å². The number of H-pyrrole nitrogens is 1. The monoisotopic (exact) mass is 425 g/mol. The fourth-order valence-corrected chi connectivity index (χ4v) is 3.69. The summed E-state index contributed by atoms with van der Waals surface area (Å²) in [5, 5.41) is 12.0. The summed E-state index contributed by atoms with van der Waals surface area (Å²) >= 11 is 0. The molecule has 0 aliphatic rings. The highest BCUT2D eigenvalue weighted by atomic mass is 16.5. The molecule has 2 aromatic rings. The maximum atomic E-state index is 13.3. The number of nitrogens with one attached hydrogen (secondary N) is 3. The molecular formula is C24H31N3O4. The van der Waals surface area contributed by atoms with Gasteiger partial charge in [0, 0.05) is 24.4 Å². The third-order valence-electron chi connectivity index (χ3n) is 5.21. The Balaban J connectivity index is 2.31. The molecule has 0 saturated carbocycles. The van der Waals surface area contributed by atoms with E-state index in [1.807, 2.05) is 44.2 Å². The molecule has 31 heavy (non-hydrogen) atoms. The van der Waals surface area contributed by atoms with Crippen LogP contribution >= 0.6 is 0 Å². The Morgan fingerprint density at radius 2 is 1.81 bits per heavy atom. The van der Waals surface area contributed by atoms with Gasteiger partial charge in [-0.15, -0.1) is 6.58 Å². The molecule has 2 rings (SSSR count). The molecular weight excluding hydrogens is 394 g/mol. The molecule has 0 bridgehead atoms. The average Bonchev–Trinajstić information content (AvgIpc) is 3.30. The standard InChI is InChI=1S/C24H31N3O4/c1-4-8-19(24(30)27-31)20(13-16(2)3)23(29)26-21(14-17-9-6-5-7-10-17)22(28)18-11-12-25-15-18/h4-7,9-12,15-16,19-21,25,31H,1,8,13-14H2,2-3H3,(H,26,29)(H,27,30)/t19-,20+,21?/m0/s1. The lowest BCUT2D eigenvalue weighted by Gasteiger charge is -2.27. The van der Waals surface area contributed by atoms with Crippen LogP contribution in [-0.4, -0.2) is 33.8 Å². The molecule has 2 amide bonds. The second-order valence-electron chi connectivity index (χ2n) is 8.06. The lowest BCUT2D eigenvalue weighted by molar-refractivity contribution is -0.140. The van der Waals surface area contributed by atoms with Crippen molar-refractivity contribution in [1.82, 2.24) is 15.8 Å². The van der Waals surface area contributed by atoms with Crippen LogP contribution in [0.25, 0.3) is 0 Å². The second-order valence-corrected chi connectivity index (χ2v) is 8.06. The number of allylic oxidation sites excluding steroid dienone is 1. The SMILES string of the molecule is C=CC[C@H](C(=O)NO)[C@@H](CC(C)C)C(=O)NC(Cc1ccccc1)C(=O)c1cc[nH]c1. The normalized spacial score (nSPS) is 13.8. The lowest BCUT2D eigenvalue weighted by Crippen LogP contribution is -2.48. The summed E-state index contributed by atoms with van der Waals surface area (Å²) < 4.78 is 0.